The third-order valence-corrected chi connectivity index (χ3v) is 3.52. The van der Waals surface area contributed by atoms with Crippen LogP contribution in [0.15, 0.2) is 58.5 Å². The third-order valence-electron chi connectivity index (χ3n) is 2.65. The number of rotatable bonds is 5. The number of nitrogens with zero attached hydrogens (tertiary/aromatic N) is 1. The van der Waals surface area contributed by atoms with E-state index in [4.69, 9.17) is 9.29 Å². The SMILES string of the molecule is COc1cccc(C=NNc2ccc(S(=O)(=O)O)cc2)c1. The molecule has 0 heterocycles. The molecule has 0 bridgehead atoms. The number of methoxy groups -OCH3 is 1. The standard InChI is InChI=1S/C14H14N2O4S/c1-20-13-4-2-3-11(9-13)10-15-16-12-5-7-14(8-6-12)21(17,18)19/h2-10,16H,1H3,(H,17,18,19). The molecule has 7 heteroatoms. The molecule has 0 saturated carbocycles. The summed E-state index contributed by atoms with van der Waals surface area (Å²) in [4.78, 5) is -0.162. The Morgan fingerprint density at radius 3 is 2.52 bits per heavy atom. The van der Waals surface area contributed by atoms with Gasteiger partial charge in [-0.1, -0.05) is 12.1 Å². The van der Waals surface area contributed by atoms with Gasteiger partial charge in [0.15, 0.2) is 0 Å². The van der Waals surface area contributed by atoms with Crippen LogP contribution in [0.25, 0.3) is 0 Å². The second-order valence-electron chi connectivity index (χ2n) is 4.15. The van der Waals surface area contributed by atoms with Crippen molar-refractivity contribution in [1.29, 1.82) is 0 Å². The van der Waals surface area contributed by atoms with Crippen LogP contribution >= 0.6 is 0 Å². The molecule has 2 aromatic carbocycles. The molecule has 0 aliphatic rings. The van der Waals surface area contributed by atoms with Gasteiger partial charge in [-0.3, -0.25) is 9.98 Å². The van der Waals surface area contributed by atoms with Gasteiger partial charge in [-0.2, -0.15) is 13.5 Å². The van der Waals surface area contributed by atoms with Gasteiger partial charge in [-0.15, -0.1) is 0 Å². The van der Waals surface area contributed by atoms with Gasteiger partial charge in [0.1, 0.15) is 5.75 Å². The van der Waals surface area contributed by atoms with Crippen LogP contribution in [0.5, 0.6) is 5.75 Å². The summed E-state index contributed by atoms with van der Waals surface area (Å²) < 4.78 is 35.8. The molecule has 0 atom stereocenters. The Morgan fingerprint density at radius 2 is 1.90 bits per heavy atom. The molecule has 110 valence electrons. The van der Waals surface area contributed by atoms with E-state index in [-0.39, 0.29) is 4.90 Å². The second kappa shape index (κ2) is 6.38. The van der Waals surface area contributed by atoms with E-state index >= 15 is 0 Å². The summed E-state index contributed by atoms with van der Waals surface area (Å²) in [6.45, 7) is 0. The van der Waals surface area contributed by atoms with Gasteiger partial charge in [-0.05, 0) is 42.0 Å². The summed E-state index contributed by atoms with van der Waals surface area (Å²) >= 11 is 0. The first kappa shape index (κ1) is 15.0. The molecular formula is C14H14N2O4S. The number of benzene rings is 2. The summed E-state index contributed by atoms with van der Waals surface area (Å²) in [5, 5.41) is 4.04. The minimum atomic E-state index is -4.17. The van der Waals surface area contributed by atoms with Crippen LogP contribution in [0.2, 0.25) is 0 Å². The van der Waals surface area contributed by atoms with Crippen molar-refractivity contribution in [2.24, 2.45) is 5.10 Å². The Bertz CT molecular complexity index is 740. The molecule has 0 spiro atoms. The maximum Gasteiger partial charge on any atom is 0.294 e. The van der Waals surface area contributed by atoms with E-state index in [0.29, 0.717) is 5.69 Å². The second-order valence-corrected chi connectivity index (χ2v) is 5.57. The van der Waals surface area contributed by atoms with Gasteiger partial charge in [0.2, 0.25) is 0 Å². The van der Waals surface area contributed by atoms with Crippen molar-refractivity contribution in [2.45, 2.75) is 4.90 Å². The Balaban J connectivity index is 2.04. The van der Waals surface area contributed by atoms with Crippen LogP contribution in [-0.4, -0.2) is 26.3 Å². The molecule has 2 N–H and O–H groups in total. The minimum Gasteiger partial charge on any atom is -0.497 e. The molecule has 0 fully saturated rings. The number of nitrogens with one attached hydrogen (secondary N) is 1. The predicted molar refractivity (Wildman–Crippen MR) is 80.5 cm³/mol. The molecular weight excluding hydrogens is 292 g/mol. The summed E-state index contributed by atoms with van der Waals surface area (Å²) in [5.74, 6) is 0.733. The zero-order chi connectivity index (χ0) is 15.3. The van der Waals surface area contributed by atoms with Crippen LogP contribution in [0.4, 0.5) is 5.69 Å². The average molecular weight is 306 g/mol. The molecule has 0 unspecified atom stereocenters. The van der Waals surface area contributed by atoms with Crippen LogP contribution in [0, 0.1) is 0 Å². The van der Waals surface area contributed by atoms with Crippen molar-refractivity contribution < 1.29 is 17.7 Å². The summed E-state index contributed by atoms with van der Waals surface area (Å²) in [6.07, 6.45) is 1.61. The average Bonchev–Trinajstić information content (AvgIpc) is 2.47. The Hall–Kier alpha value is -2.38. The van der Waals surface area contributed by atoms with E-state index < -0.39 is 10.1 Å². The molecule has 21 heavy (non-hydrogen) atoms. The van der Waals surface area contributed by atoms with E-state index in [1.807, 2.05) is 24.3 Å². The van der Waals surface area contributed by atoms with Crippen molar-refractivity contribution in [3.63, 3.8) is 0 Å². The maximum absolute atomic E-state index is 10.9. The van der Waals surface area contributed by atoms with Gasteiger partial charge in [0, 0.05) is 0 Å². The number of hydrogen-bond acceptors (Lipinski definition) is 5. The normalized spacial score (nSPS) is 11.5. The first-order valence-electron chi connectivity index (χ1n) is 6.00. The number of hydrogen-bond donors (Lipinski definition) is 2. The van der Waals surface area contributed by atoms with E-state index in [0.717, 1.165) is 11.3 Å². The lowest BCUT2D eigenvalue weighted by Gasteiger charge is -2.02. The number of anilines is 1. The van der Waals surface area contributed by atoms with Crippen molar-refractivity contribution in [1.82, 2.24) is 0 Å². The molecule has 2 rings (SSSR count). The summed E-state index contributed by atoms with van der Waals surface area (Å²) in [5.41, 5.74) is 4.22. The van der Waals surface area contributed by atoms with Gasteiger partial charge < -0.3 is 4.74 Å². The Kier molecular flexibility index (Phi) is 4.56. The molecule has 0 aliphatic carbocycles. The van der Waals surface area contributed by atoms with Crippen molar-refractivity contribution in [3.05, 3.63) is 54.1 Å². The first-order chi connectivity index (χ1) is 9.99. The molecule has 0 saturated heterocycles. The smallest absolute Gasteiger partial charge is 0.294 e. The highest BCUT2D eigenvalue weighted by Gasteiger charge is 2.07. The van der Waals surface area contributed by atoms with E-state index in [9.17, 15) is 8.42 Å². The molecule has 6 nitrogen and oxygen atoms in total. The maximum atomic E-state index is 10.9. The van der Waals surface area contributed by atoms with E-state index in [1.165, 1.54) is 24.3 Å². The van der Waals surface area contributed by atoms with Crippen molar-refractivity contribution in [2.75, 3.05) is 12.5 Å². The quantitative estimate of drug-likeness (QED) is 0.503. The van der Waals surface area contributed by atoms with Crippen LogP contribution in [0.1, 0.15) is 5.56 Å². The van der Waals surface area contributed by atoms with E-state index in [1.54, 1.807) is 13.3 Å². The van der Waals surface area contributed by atoms with Crippen LogP contribution in [-0.2, 0) is 10.1 Å². The zero-order valence-electron chi connectivity index (χ0n) is 11.2. The Labute approximate surface area is 122 Å². The molecule has 0 aliphatic heterocycles. The monoisotopic (exact) mass is 306 g/mol. The Morgan fingerprint density at radius 1 is 1.19 bits per heavy atom. The van der Waals surface area contributed by atoms with Gasteiger partial charge in [0.25, 0.3) is 10.1 Å². The highest BCUT2D eigenvalue weighted by Crippen LogP contribution is 2.14. The van der Waals surface area contributed by atoms with Crippen LogP contribution < -0.4 is 10.2 Å². The zero-order valence-corrected chi connectivity index (χ0v) is 12.0. The largest absolute Gasteiger partial charge is 0.497 e. The van der Waals surface area contributed by atoms with Gasteiger partial charge in [0.05, 0.1) is 23.9 Å². The molecule has 0 aromatic heterocycles. The van der Waals surface area contributed by atoms with E-state index in [2.05, 4.69) is 10.5 Å². The summed E-state index contributed by atoms with van der Waals surface area (Å²) in [7, 11) is -2.58. The lowest BCUT2D eigenvalue weighted by Crippen LogP contribution is -1.98. The highest BCUT2D eigenvalue weighted by molar-refractivity contribution is 7.85. The number of ether oxygens (including phenoxy) is 1. The third kappa shape index (κ3) is 4.30. The van der Waals surface area contributed by atoms with Gasteiger partial charge in [-0.25, -0.2) is 0 Å². The molecule has 0 amide bonds. The highest BCUT2D eigenvalue weighted by atomic mass is 32.2. The number of hydrazone groups is 1. The first-order valence-corrected chi connectivity index (χ1v) is 7.44. The fraction of sp³-hybridized carbons (Fsp3) is 0.0714. The molecule has 2 aromatic rings. The predicted octanol–water partition coefficient (Wildman–Crippen LogP) is 2.39. The fourth-order valence-corrected chi connectivity index (χ4v) is 2.08. The van der Waals surface area contributed by atoms with Crippen molar-refractivity contribution >= 4 is 22.0 Å². The van der Waals surface area contributed by atoms with Crippen molar-refractivity contribution in [3.8, 4) is 5.75 Å². The lowest BCUT2D eigenvalue weighted by molar-refractivity contribution is 0.415. The minimum absolute atomic E-state index is 0.162. The fourth-order valence-electron chi connectivity index (χ4n) is 1.60. The lowest BCUT2D eigenvalue weighted by atomic mass is 10.2. The topological polar surface area (TPSA) is 88.0 Å². The summed E-state index contributed by atoms with van der Waals surface area (Å²) in [6, 6.07) is 13.0. The van der Waals surface area contributed by atoms with Crippen LogP contribution in [0.3, 0.4) is 0 Å². The van der Waals surface area contributed by atoms with Gasteiger partial charge >= 0.3 is 0 Å². The molecule has 0 radical (unpaired) electrons.